The number of carbonyl (C=O) groups excluding carboxylic acids is 2. The second-order valence-electron chi connectivity index (χ2n) is 4.07. The van der Waals surface area contributed by atoms with Crippen LogP contribution in [0.15, 0.2) is 11.3 Å². The van der Waals surface area contributed by atoms with Gasteiger partial charge in [0, 0.05) is 5.57 Å². The first-order valence-corrected chi connectivity index (χ1v) is 5.92. The largest absolute Gasteiger partial charge is 0.875 e. The Hall–Kier alpha value is -1.12. The summed E-state index contributed by atoms with van der Waals surface area (Å²) < 4.78 is 0. The zero-order valence-corrected chi connectivity index (χ0v) is 10.5. The molecule has 0 unspecified atom stereocenters. The highest BCUT2D eigenvalue weighted by Gasteiger charge is 2.10. The van der Waals surface area contributed by atoms with Crippen LogP contribution >= 0.6 is 0 Å². The summed E-state index contributed by atoms with van der Waals surface area (Å²) in [6.45, 7) is 4.67. The summed E-state index contributed by atoms with van der Waals surface area (Å²) in [6, 6.07) is 0. The minimum atomic E-state index is -0.411. The van der Waals surface area contributed by atoms with E-state index in [1.807, 2.05) is 0 Å². The molecular formula is C13H21O3-. The summed E-state index contributed by atoms with van der Waals surface area (Å²) in [7, 11) is 0. The number of hydrogen-bond acceptors (Lipinski definition) is 3. The molecule has 0 aromatic carbocycles. The van der Waals surface area contributed by atoms with Crippen molar-refractivity contribution in [1.29, 1.82) is 0 Å². The summed E-state index contributed by atoms with van der Waals surface area (Å²) in [6.07, 6.45) is 5.51. The molecule has 0 atom stereocenters. The van der Waals surface area contributed by atoms with Crippen molar-refractivity contribution in [3.8, 4) is 0 Å². The van der Waals surface area contributed by atoms with Gasteiger partial charge in [0.2, 0.25) is 0 Å². The fourth-order valence-corrected chi connectivity index (χ4v) is 1.65. The van der Waals surface area contributed by atoms with E-state index in [0.717, 1.165) is 25.7 Å². The number of unbranched alkanes of at least 4 members (excludes halogenated alkanes) is 4. The molecule has 16 heavy (non-hydrogen) atoms. The third-order valence-electron chi connectivity index (χ3n) is 2.49. The maximum absolute atomic E-state index is 11.6. The predicted octanol–water partition coefficient (Wildman–Crippen LogP) is 2.14. The summed E-state index contributed by atoms with van der Waals surface area (Å²) in [5.41, 5.74) is -0.143. The lowest BCUT2D eigenvalue weighted by Gasteiger charge is -2.15. The van der Waals surface area contributed by atoms with Crippen LogP contribution in [0.3, 0.4) is 0 Å². The molecule has 3 heteroatoms. The average Bonchev–Trinajstić information content (AvgIpc) is 2.16. The molecule has 0 saturated carbocycles. The van der Waals surface area contributed by atoms with Gasteiger partial charge in [-0.2, -0.15) is 0 Å². The van der Waals surface area contributed by atoms with Crippen LogP contribution in [0.1, 0.15) is 59.3 Å². The number of rotatable bonds is 8. The monoisotopic (exact) mass is 225 g/mol. The summed E-state index contributed by atoms with van der Waals surface area (Å²) in [5, 5.41) is 11.6. The van der Waals surface area contributed by atoms with E-state index in [-0.39, 0.29) is 11.3 Å². The highest BCUT2D eigenvalue weighted by Crippen LogP contribution is 2.12. The van der Waals surface area contributed by atoms with E-state index in [2.05, 4.69) is 6.92 Å². The number of ketones is 2. The molecule has 0 rings (SSSR count). The molecule has 0 aliphatic carbocycles. The van der Waals surface area contributed by atoms with Crippen molar-refractivity contribution in [2.45, 2.75) is 59.3 Å². The zero-order chi connectivity index (χ0) is 12.6. The average molecular weight is 225 g/mol. The molecular weight excluding hydrogens is 204 g/mol. The standard InChI is InChI=1S/C13H22O3/c1-4-5-6-7-8-9-12(16)13(10(2)14)11(3)15/h16H,4-9H2,1-3H3/p-1. The Bertz CT molecular complexity index is 261. The Kier molecular flexibility index (Phi) is 7.52. The van der Waals surface area contributed by atoms with Gasteiger partial charge in [0.25, 0.3) is 0 Å². The van der Waals surface area contributed by atoms with Crippen LogP contribution in [0.2, 0.25) is 0 Å². The van der Waals surface area contributed by atoms with Crippen LogP contribution in [0.5, 0.6) is 0 Å². The third kappa shape index (κ3) is 5.69. The highest BCUT2D eigenvalue weighted by atomic mass is 16.3. The molecule has 0 amide bonds. The molecule has 0 aliphatic rings. The first kappa shape index (κ1) is 14.9. The lowest BCUT2D eigenvalue weighted by atomic mass is 10.0. The van der Waals surface area contributed by atoms with Crippen LogP contribution in [0.4, 0.5) is 0 Å². The molecule has 0 aromatic rings. The zero-order valence-electron chi connectivity index (χ0n) is 10.5. The summed E-state index contributed by atoms with van der Waals surface area (Å²) >= 11 is 0. The van der Waals surface area contributed by atoms with Crippen molar-refractivity contribution in [3.05, 3.63) is 11.3 Å². The molecule has 0 heterocycles. The fraction of sp³-hybridized carbons (Fsp3) is 0.692. The Morgan fingerprint density at radius 3 is 1.88 bits per heavy atom. The van der Waals surface area contributed by atoms with Gasteiger partial charge in [-0.05, 0) is 20.3 Å². The Balaban J connectivity index is 4.18. The van der Waals surface area contributed by atoms with Crippen LogP contribution in [-0.4, -0.2) is 11.6 Å². The van der Waals surface area contributed by atoms with Gasteiger partial charge < -0.3 is 5.11 Å². The molecule has 0 aromatic heterocycles. The van der Waals surface area contributed by atoms with E-state index in [0.29, 0.717) is 6.42 Å². The second kappa shape index (κ2) is 8.08. The van der Waals surface area contributed by atoms with Gasteiger partial charge in [-0.15, -0.1) is 5.76 Å². The normalized spacial score (nSPS) is 9.94. The van der Waals surface area contributed by atoms with Crippen LogP contribution in [0, 0.1) is 0 Å². The Labute approximate surface area is 97.5 Å². The van der Waals surface area contributed by atoms with E-state index in [1.165, 1.54) is 20.3 Å². The lowest BCUT2D eigenvalue weighted by molar-refractivity contribution is -0.307. The Morgan fingerprint density at radius 1 is 0.938 bits per heavy atom. The molecule has 0 N–H and O–H groups in total. The number of allylic oxidation sites excluding steroid dienone is 2. The molecule has 0 radical (unpaired) electrons. The molecule has 0 bridgehead atoms. The molecule has 92 valence electrons. The van der Waals surface area contributed by atoms with Crippen molar-refractivity contribution in [2.24, 2.45) is 0 Å². The quantitative estimate of drug-likeness (QED) is 0.209. The molecule has 0 aliphatic heterocycles. The third-order valence-corrected chi connectivity index (χ3v) is 2.49. The second-order valence-corrected chi connectivity index (χ2v) is 4.07. The van der Waals surface area contributed by atoms with E-state index in [9.17, 15) is 14.7 Å². The lowest BCUT2D eigenvalue weighted by Crippen LogP contribution is -2.17. The van der Waals surface area contributed by atoms with Gasteiger partial charge in [-0.1, -0.05) is 39.0 Å². The summed E-state index contributed by atoms with van der Waals surface area (Å²) in [4.78, 5) is 22.2. The maximum Gasteiger partial charge on any atom is 0.162 e. The molecule has 0 spiro atoms. The minimum Gasteiger partial charge on any atom is -0.875 e. The van der Waals surface area contributed by atoms with Gasteiger partial charge in [0.1, 0.15) is 0 Å². The van der Waals surface area contributed by atoms with Crippen molar-refractivity contribution in [3.63, 3.8) is 0 Å². The molecule has 0 fully saturated rings. The van der Waals surface area contributed by atoms with E-state index in [4.69, 9.17) is 0 Å². The van der Waals surface area contributed by atoms with Crippen molar-refractivity contribution >= 4 is 11.6 Å². The minimum absolute atomic E-state index is 0.143. The molecule has 0 saturated heterocycles. The topological polar surface area (TPSA) is 57.2 Å². The van der Waals surface area contributed by atoms with Gasteiger partial charge in [-0.3, -0.25) is 9.59 Å². The summed E-state index contributed by atoms with van der Waals surface area (Å²) in [5.74, 6) is -1.12. The predicted molar refractivity (Wildman–Crippen MR) is 61.8 cm³/mol. The van der Waals surface area contributed by atoms with Gasteiger partial charge in [-0.25, -0.2) is 0 Å². The maximum atomic E-state index is 11.6. The SMILES string of the molecule is CCCCCCCC([O-])=C(C(C)=O)C(C)=O. The van der Waals surface area contributed by atoms with Crippen molar-refractivity contribution < 1.29 is 14.7 Å². The number of hydrogen-bond donors (Lipinski definition) is 0. The van der Waals surface area contributed by atoms with Crippen LogP contribution < -0.4 is 5.11 Å². The molecule has 3 nitrogen and oxygen atoms in total. The van der Waals surface area contributed by atoms with E-state index >= 15 is 0 Å². The van der Waals surface area contributed by atoms with Gasteiger partial charge in [0.15, 0.2) is 11.6 Å². The van der Waals surface area contributed by atoms with Crippen LogP contribution in [-0.2, 0) is 9.59 Å². The highest BCUT2D eigenvalue weighted by molar-refractivity contribution is 6.18. The van der Waals surface area contributed by atoms with Crippen LogP contribution in [0.25, 0.3) is 0 Å². The van der Waals surface area contributed by atoms with Crippen molar-refractivity contribution in [2.75, 3.05) is 0 Å². The van der Waals surface area contributed by atoms with E-state index in [1.54, 1.807) is 0 Å². The number of carbonyl (C=O) groups is 2. The van der Waals surface area contributed by atoms with Crippen molar-refractivity contribution in [1.82, 2.24) is 0 Å². The number of Topliss-reactive ketones (excluding diaryl/α,β-unsaturated/α-hetero) is 2. The van der Waals surface area contributed by atoms with Gasteiger partial charge in [0.05, 0.1) is 0 Å². The van der Waals surface area contributed by atoms with Gasteiger partial charge >= 0.3 is 0 Å². The Morgan fingerprint density at radius 2 is 1.44 bits per heavy atom. The first-order chi connectivity index (χ1) is 7.50. The first-order valence-electron chi connectivity index (χ1n) is 5.92. The fourth-order valence-electron chi connectivity index (χ4n) is 1.65. The van der Waals surface area contributed by atoms with E-state index < -0.39 is 11.6 Å². The smallest absolute Gasteiger partial charge is 0.162 e.